The Bertz CT molecular complexity index is 571. The molecule has 0 aliphatic heterocycles. The monoisotopic (exact) mass is 278 g/mol. The predicted octanol–water partition coefficient (Wildman–Crippen LogP) is 2.93. The van der Waals surface area contributed by atoms with Crippen molar-refractivity contribution in [2.45, 2.75) is 38.7 Å². The lowest BCUT2D eigenvalue weighted by Crippen LogP contribution is -2.28. The number of rotatable bonds is 3. The summed E-state index contributed by atoms with van der Waals surface area (Å²) < 4.78 is 6.14. The molecule has 5 nitrogen and oxygen atoms in total. The van der Waals surface area contributed by atoms with Gasteiger partial charge in [-0.2, -0.15) is 4.98 Å². The number of hydrazine groups is 1. The summed E-state index contributed by atoms with van der Waals surface area (Å²) in [6.07, 6.45) is 5.10. The second-order valence-electron chi connectivity index (χ2n) is 5.05. The molecule has 0 amide bonds. The highest BCUT2D eigenvalue weighted by molar-refractivity contribution is 7.16. The van der Waals surface area contributed by atoms with Gasteiger partial charge in [0, 0.05) is 0 Å². The molecule has 3 rings (SSSR count). The van der Waals surface area contributed by atoms with Crippen molar-refractivity contribution in [3.63, 3.8) is 0 Å². The molecule has 1 aliphatic rings. The molecule has 19 heavy (non-hydrogen) atoms. The molecular weight excluding hydrogens is 260 g/mol. The first-order valence-corrected chi connectivity index (χ1v) is 7.54. The van der Waals surface area contributed by atoms with Crippen LogP contribution in [0.5, 0.6) is 5.88 Å². The quantitative estimate of drug-likeness (QED) is 0.667. The van der Waals surface area contributed by atoms with E-state index in [-0.39, 0.29) is 6.10 Å². The van der Waals surface area contributed by atoms with Crippen molar-refractivity contribution in [1.29, 1.82) is 0 Å². The summed E-state index contributed by atoms with van der Waals surface area (Å²) in [7, 11) is 0. The Morgan fingerprint density at radius 3 is 3.00 bits per heavy atom. The molecule has 1 fully saturated rings. The van der Waals surface area contributed by atoms with Gasteiger partial charge in [0.05, 0.1) is 5.39 Å². The van der Waals surface area contributed by atoms with Crippen LogP contribution in [0.15, 0.2) is 11.4 Å². The van der Waals surface area contributed by atoms with Crippen molar-refractivity contribution >= 4 is 27.5 Å². The van der Waals surface area contributed by atoms with Gasteiger partial charge in [0.15, 0.2) is 0 Å². The number of anilines is 1. The molecule has 2 aromatic rings. The maximum absolute atomic E-state index is 6.14. The molecule has 2 aromatic heterocycles. The van der Waals surface area contributed by atoms with Gasteiger partial charge in [-0.3, -0.25) is 5.43 Å². The molecular formula is C13H18N4OS. The molecule has 1 aliphatic carbocycles. The Morgan fingerprint density at radius 1 is 1.37 bits per heavy atom. The van der Waals surface area contributed by atoms with Crippen molar-refractivity contribution in [1.82, 2.24) is 9.97 Å². The van der Waals surface area contributed by atoms with Crippen LogP contribution in [0.25, 0.3) is 10.2 Å². The molecule has 2 unspecified atom stereocenters. The van der Waals surface area contributed by atoms with Crippen LogP contribution in [0.2, 0.25) is 0 Å². The van der Waals surface area contributed by atoms with Crippen LogP contribution in [0, 0.1) is 5.92 Å². The summed E-state index contributed by atoms with van der Waals surface area (Å²) in [5.74, 6) is 7.05. The number of fused-ring (bicyclic) bond motifs is 1. The number of nitrogen functional groups attached to an aromatic ring is 1. The van der Waals surface area contributed by atoms with Gasteiger partial charge in [-0.15, -0.1) is 11.3 Å². The molecule has 0 bridgehead atoms. The van der Waals surface area contributed by atoms with E-state index >= 15 is 0 Å². The fourth-order valence-corrected chi connectivity index (χ4v) is 3.34. The first kappa shape index (κ1) is 12.6. The van der Waals surface area contributed by atoms with Crippen LogP contribution in [-0.4, -0.2) is 16.1 Å². The minimum absolute atomic E-state index is 0.248. The van der Waals surface area contributed by atoms with Crippen molar-refractivity contribution in [3.8, 4) is 5.88 Å². The summed E-state index contributed by atoms with van der Waals surface area (Å²) in [5, 5.41) is 2.97. The van der Waals surface area contributed by atoms with Gasteiger partial charge >= 0.3 is 0 Å². The summed E-state index contributed by atoms with van der Waals surface area (Å²) in [6, 6.07) is 2.00. The number of ether oxygens (including phenoxy) is 1. The van der Waals surface area contributed by atoms with E-state index in [0.717, 1.165) is 16.6 Å². The second kappa shape index (κ2) is 5.30. The highest BCUT2D eigenvalue weighted by Crippen LogP contribution is 2.32. The Hall–Kier alpha value is -1.40. The molecule has 102 valence electrons. The summed E-state index contributed by atoms with van der Waals surface area (Å²) in [4.78, 5) is 9.58. The van der Waals surface area contributed by atoms with Crippen molar-refractivity contribution in [2.24, 2.45) is 11.8 Å². The molecule has 6 heteroatoms. The van der Waals surface area contributed by atoms with E-state index in [1.54, 1.807) is 11.3 Å². The van der Waals surface area contributed by atoms with E-state index in [4.69, 9.17) is 10.6 Å². The molecule has 0 radical (unpaired) electrons. The average molecular weight is 278 g/mol. The Kier molecular flexibility index (Phi) is 3.52. The standard InChI is InChI=1S/C13H18N4OS/c1-8-4-2-3-5-10(8)18-11-9-6-7-19-12(9)16-13(15-11)17-14/h6-8,10H,2-5,14H2,1H3,(H,15,16,17). The predicted molar refractivity (Wildman–Crippen MR) is 77.3 cm³/mol. The zero-order valence-electron chi connectivity index (χ0n) is 10.9. The van der Waals surface area contributed by atoms with Crippen LogP contribution >= 0.6 is 11.3 Å². The summed E-state index contributed by atoms with van der Waals surface area (Å²) >= 11 is 1.57. The Labute approximate surface area is 116 Å². The lowest BCUT2D eigenvalue weighted by Gasteiger charge is -2.29. The maximum atomic E-state index is 6.14. The number of nitrogens with zero attached hydrogens (tertiary/aromatic N) is 2. The summed E-state index contributed by atoms with van der Waals surface area (Å²) in [5.41, 5.74) is 2.50. The van der Waals surface area contributed by atoms with Gasteiger partial charge in [-0.25, -0.2) is 10.8 Å². The lowest BCUT2D eigenvalue weighted by atomic mass is 9.88. The van der Waals surface area contributed by atoms with Gasteiger partial charge in [-0.05, 0) is 36.6 Å². The molecule has 3 N–H and O–H groups in total. The third-order valence-corrected chi connectivity index (χ3v) is 4.52. The fraction of sp³-hybridized carbons (Fsp3) is 0.538. The normalized spacial score (nSPS) is 23.5. The molecule has 2 atom stereocenters. The number of nitrogens with two attached hydrogens (primary N) is 1. The van der Waals surface area contributed by atoms with Crippen LogP contribution < -0.4 is 16.0 Å². The van der Waals surface area contributed by atoms with Gasteiger partial charge in [0.2, 0.25) is 11.8 Å². The first-order chi connectivity index (χ1) is 9.28. The molecule has 0 spiro atoms. The van der Waals surface area contributed by atoms with E-state index in [9.17, 15) is 0 Å². The zero-order valence-corrected chi connectivity index (χ0v) is 11.7. The van der Waals surface area contributed by atoms with Crippen molar-refractivity contribution < 1.29 is 4.74 Å². The van der Waals surface area contributed by atoms with Crippen molar-refractivity contribution in [3.05, 3.63) is 11.4 Å². The Morgan fingerprint density at radius 2 is 2.21 bits per heavy atom. The van der Waals surface area contributed by atoms with E-state index in [1.165, 1.54) is 19.3 Å². The highest BCUT2D eigenvalue weighted by atomic mass is 32.1. The zero-order chi connectivity index (χ0) is 13.2. The summed E-state index contributed by atoms with van der Waals surface area (Å²) in [6.45, 7) is 2.25. The van der Waals surface area contributed by atoms with Gasteiger partial charge in [-0.1, -0.05) is 13.3 Å². The highest BCUT2D eigenvalue weighted by Gasteiger charge is 2.24. The number of nitrogens with one attached hydrogen (secondary N) is 1. The largest absolute Gasteiger partial charge is 0.473 e. The van der Waals surface area contributed by atoms with Crippen LogP contribution in [-0.2, 0) is 0 Å². The molecule has 0 aromatic carbocycles. The van der Waals surface area contributed by atoms with E-state index in [1.807, 2.05) is 11.4 Å². The fourth-order valence-electron chi connectivity index (χ4n) is 2.58. The molecule has 2 heterocycles. The number of thiophene rings is 1. The van der Waals surface area contributed by atoms with Gasteiger partial charge in [0.1, 0.15) is 10.9 Å². The van der Waals surface area contributed by atoms with Gasteiger partial charge < -0.3 is 4.74 Å². The van der Waals surface area contributed by atoms with Crippen LogP contribution in [0.4, 0.5) is 5.95 Å². The molecule has 1 saturated carbocycles. The minimum atomic E-state index is 0.248. The van der Waals surface area contributed by atoms with Crippen molar-refractivity contribution in [2.75, 3.05) is 5.43 Å². The Balaban J connectivity index is 1.92. The van der Waals surface area contributed by atoms with E-state index in [0.29, 0.717) is 17.7 Å². The smallest absolute Gasteiger partial charge is 0.241 e. The number of hydrogen-bond acceptors (Lipinski definition) is 6. The third kappa shape index (κ3) is 2.50. The third-order valence-electron chi connectivity index (χ3n) is 3.71. The minimum Gasteiger partial charge on any atom is -0.473 e. The molecule has 0 saturated heterocycles. The topological polar surface area (TPSA) is 73.1 Å². The number of hydrogen-bond donors (Lipinski definition) is 2. The van der Waals surface area contributed by atoms with Crippen LogP contribution in [0.3, 0.4) is 0 Å². The first-order valence-electron chi connectivity index (χ1n) is 6.66. The average Bonchev–Trinajstić information content (AvgIpc) is 2.89. The van der Waals surface area contributed by atoms with Gasteiger partial charge in [0.25, 0.3) is 0 Å². The van der Waals surface area contributed by atoms with Crippen LogP contribution in [0.1, 0.15) is 32.6 Å². The second-order valence-corrected chi connectivity index (χ2v) is 5.95. The number of aromatic nitrogens is 2. The SMILES string of the molecule is CC1CCCCC1Oc1nc(NN)nc2sccc12. The van der Waals surface area contributed by atoms with E-state index < -0.39 is 0 Å². The van der Waals surface area contributed by atoms with E-state index in [2.05, 4.69) is 22.3 Å². The lowest BCUT2D eigenvalue weighted by molar-refractivity contribution is 0.0994. The maximum Gasteiger partial charge on any atom is 0.241 e.